The average Bonchev–Trinajstić information content (AvgIpc) is 2.80. The number of methoxy groups -OCH3 is 1. The van der Waals surface area contributed by atoms with Gasteiger partial charge in [0.15, 0.2) is 5.96 Å². The van der Waals surface area contributed by atoms with E-state index in [1.807, 2.05) is 36.9 Å². The minimum absolute atomic E-state index is 0. The molecule has 1 aromatic heterocycles. The van der Waals surface area contributed by atoms with Gasteiger partial charge in [0.1, 0.15) is 5.75 Å². The molecule has 2 aromatic rings. The van der Waals surface area contributed by atoms with Gasteiger partial charge >= 0.3 is 0 Å². The zero-order chi connectivity index (χ0) is 16.8. The number of aromatic nitrogens is 2. The van der Waals surface area contributed by atoms with Crippen LogP contribution in [-0.4, -0.2) is 29.9 Å². The molecule has 0 aliphatic rings. The molecule has 1 heterocycles. The molecule has 0 spiro atoms. The second-order valence-corrected chi connectivity index (χ2v) is 5.40. The number of nitrogens with zero attached hydrogens (tertiary/aromatic N) is 3. The van der Waals surface area contributed by atoms with E-state index in [2.05, 4.69) is 33.7 Å². The van der Waals surface area contributed by atoms with Crippen LogP contribution in [0.25, 0.3) is 0 Å². The Labute approximate surface area is 160 Å². The highest BCUT2D eigenvalue weighted by Gasteiger charge is 2.09. The van der Waals surface area contributed by atoms with Crippen molar-refractivity contribution >= 4 is 29.9 Å². The lowest BCUT2D eigenvalue weighted by molar-refractivity contribution is 0.414. The number of benzene rings is 1. The van der Waals surface area contributed by atoms with Crippen LogP contribution in [0.3, 0.4) is 0 Å². The number of hydrogen-bond donors (Lipinski definition) is 2. The van der Waals surface area contributed by atoms with Gasteiger partial charge < -0.3 is 15.4 Å². The van der Waals surface area contributed by atoms with Crippen LogP contribution in [0.1, 0.15) is 22.5 Å². The highest BCUT2D eigenvalue weighted by Crippen LogP contribution is 2.12. The second kappa shape index (κ2) is 9.51. The number of guanidine groups is 1. The van der Waals surface area contributed by atoms with Gasteiger partial charge in [-0.05, 0) is 31.5 Å². The lowest BCUT2D eigenvalue weighted by atomic mass is 10.2. The number of ether oxygens (including phenoxy) is 1. The van der Waals surface area contributed by atoms with Crippen molar-refractivity contribution in [3.63, 3.8) is 0 Å². The Bertz CT molecular complexity index is 696. The fourth-order valence-corrected chi connectivity index (χ4v) is 2.43. The molecular formula is C17H26IN5O. The van der Waals surface area contributed by atoms with Gasteiger partial charge in [0, 0.05) is 38.4 Å². The highest BCUT2D eigenvalue weighted by molar-refractivity contribution is 14.0. The summed E-state index contributed by atoms with van der Waals surface area (Å²) in [6, 6.07) is 7.98. The van der Waals surface area contributed by atoms with E-state index in [-0.39, 0.29) is 24.0 Å². The Morgan fingerprint density at radius 3 is 2.54 bits per heavy atom. The van der Waals surface area contributed by atoms with Crippen LogP contribution in [0.5, 0.6) is 5.75 Å². The van der Waals surface area contributed by atoms with Gasteiger partial charge in [-0.2, -0.15) is 5.10 Å². The predicted molar refractivity (Wildman–Crippen MR) is 108 cm³/mol. The molecule has 0 saturated carbocycles. The van der Waals surface area contributed by atoms with Gasteiger partial charge in [0.25, 0.3) is 0 Å². The molecule has 0 bridgehead atoms. The first-order valence-electron chi connectivity index (χ1n) is 7.61. The summed E-state index contributed by atoms with van der Waals surface area (Å²) in [6.07, 6.45) is 0. The molecule has 0 aliphatic carbocycles. The van der Waals surface area contributed by atoms with Crippen molar-refractivity contribution < 1.29 is 4.74 Å². The van der Waals surface area contributed by atoms with E-state index in [1.165, 1.54) is 11.3 Å². The third-order valence-corrected chi connectivity index (χ3v) is 3.91. The minimum Gasteiger partial charge on any atom is -0.497 e. The number of nitrogens with one attached hydrogen (secondary N) is 2. The molecule has 7 heteroatoms. The Balaban J connectivity index is 0.00000288. The van der Waals surface area contributed by atoms with Crippen molar-refractivity contribution in [1.29, 1.82) is 0 Å². The largest absolute Gasteiger partial charge is 0.497 e. The van der Waals surface area contributed by atoms with Crippen molar-refractivity contribution in [2.75, 3.05) is 14.2 Å². The van der Waals surface area contributed by atoms with Crippen LogP contribution < -0.4 is 15.4 Å². The van der Waals surface area contributed by atoms with E-state index in [1.54, 1.807) is 14.2 Å². The van der Waals surface area contributed by atoms with Gasteiger partial charge in [-0.3, -0.25) is 9.67 Å². The molecule has 2 rings (SSSR count). The molecule has 24 heavy (non-hydrogen) atoms. The van der Waals surface area contributed by atoms with Crippen molar-refractivity contribution in [1.82, 2.24) is 20.4 Å². The molecule has 132 valence electrons. The van der Waals surface area contributed by atoms with Crippen molar-refractivity contribution in [3.8, 4) is 5.75 Å². The number of rotatable bonds is 5. The standard InChI is InChI=1S/C17H25N5O.HI/c1-12-16(13(2)22(4)21-12)11-20-17(18-3)19-10-14-7-6-8-15(9-14)23-5;/h6-9H,10-11H2,1-5H3,(H2,18,19,20);1H. The van der Waals surface area contributed by atoms with Gasteiger partial charge in [0.2, 0.25) is 0 Å². The van der Waals surface area contributed by atoms with Crippen LogP contribution in [0.4, 0.5) is 0 Å². The first-order valence-corrected chi connectivity index (χ1v) is 7.61. The molecule has 0 fully saturated rings. The van der Waals surface area contributed by atoms with Gasteiger partial charge in [-0.1, -0.05) is 12.1 Å². The maximum atomic E-state index is 5.24. The van der Waals surface area contributed by atoms with E-state index < -0.39 is 0 Å². The SMILES string of the molecule is CN=C(NCc1cccc(OC)c1)NCc1c(C)nn(C)c1C.I. The third kappa shape index (κ3) is 5.12. The quantitative estimate of drug-likeness (QED) is 0.424. The molecule has 0 radical (unpaired) electrons. The van der Waals surface area contributed by atoms with Crippen LogP contribution >= 0.6 is 24.0 Å². The molecule has 0 saturated heterocycles. The monoisotopic (exact) mass is 443 g/mol. The topological polar surface area (TPSA) is 63.5 Å². The number of hydrogen-bond acceptors (Lipinski definition) is 3. The van der Waals surface area contributed by atoms with Crippen LogP contribution in [-0.2, 0) is 20.1 Å². The number of halogens is 1. The fraction of sp³-hybridized carbons (Fsp3) is 0.412. The van der Waals surface area contributed by atoms with E-state index >= 15 is 0 Å². The minimum atomic E-state index is 0. The average molecular weight is 443 g/mol. The predicted octanol–water partition coefficient (Wildman–Crippen LogP) is 2.53. The fourth-order valence-electron chi connectivity index (χ4n) is 2.43. The Morgan fingerprint density at radius 1 is 1.25 bits per heavy atom. The summed E-state index contributed by atoms with van der Waals surface area (Å²) in [6.45, 7) is 5.48. The zero-order valence-electron chi connectivity index (χ0n) is 14.9. The summed E-state index contributed by atoms with van der Waals surface area (Å²) >= 11 is 0. The van der Waals surface area contributed by atoms with Crippen LogP contribution in [0, 0.1) is 13.8 Å². The Hall–Kier alpha value is -1.77. The summed E-state index contributed by atoms with van der Waals surface area (Å²) in [5.41, 5.74) is 4.55. The van der Waals surface area contributed by atoms with Crippen molar-refractivity contribution in [3.05, 3.63) is 46.8 Å². The van der Waals surface area contributed by atoms with Crippen LogP contribution in [0.15, 0.2) is 29.3 Å². The lowest BCUT2D eigenvalue weighted by Gasteiger charge is -2.12. The molecule has 2 N–H and O–H groups in total. The summed E-state index contributed by atoms with van der Waals surface area (Å²) in [4.78, 5) is 4.26. The summed E-state index contributed by atoms with van der Waals surface area (Å²) in [5.74, 6) is 1.62. The van der Waals surface area contributed by atoms with E-state index in [9.17, 15) is 0 Å². The highest BCUT2D eigenvalue weighted by atomic mass is 127. The molecule has 6 nitrogen and oxygen atoms in total. The van der Waals surface area contributed by atoms with E-state index in [0.29, 0.717) is 13.1 Å². The van der Waals surface area contributed by atoms with E-state index in [4.69, 9.17) is 4.74 Å². The maximum Gasteiger partial charge on any atom is 0.191 e. The molecule has 0 aliphatic heterocycles. The summed E-state index contributed by atoms with van der Waals surface area (Å²) in [5, 5.41) is 11.1. The van der Waals surface area contributed by atoms with Gasteiger partial charge in [-0.25, -0.2) is 0 Å². The molecule has 0 amide bonds. The maximum absolute atomic E-state index is 5.24. The molecular weight excluding hydrogens is 417 g/mol. The van der Waals surface area contributed by atoms with Crippen molar-refractivity contribution in [2.24, 2.45) is 12.0 Å². The zero-order valence-corrected chi connectivity index (χ0v) is 17.2. The summed E-state index contributed by atoms with van der Waals surface area (Å²) < 4.78 is 7.14. The van der Waals surface area contributed by atoms with Gasteiger partial charge in [-0.15, -0.1) is 24.0 Å². The Morgan fingerprint density at radius 2 is 1.96 bits per heavy atom. The van der Waals surface area contributed by atoms with Gasteiger partial charge in [0.05, 0.1) is 12.8 Å². The smallest absolute Gasteiger partial charge is 0.191 e. The van der Waals surface area contributed by atoms with Crippen molar-refractivity contribution in [2.45, 2.75) is 26.9 Å². The first kappa shape index (κ1) is 20.3. The molecule has 1 aromatic carbocycles. The normalized spacial score (nSPS) is 11.0. The lowest BCUT2D eigenvalue weighted by Crippen LogP contribution is -2.36. The molecule has 0 unspecified atom stereocenters. The molecule has 0 atom stereocenters. The van der Waals surface area contributed by atoms with Crippen LogP contribution in [0.2, 0.25) is 0 Å². The first-order chi connectivity index (χ1) is 11.0. The second-order valence-electron chi connectivity index (χ2n) is 5.40. The third-order valence-electron chi connectivity index (χ3n) is 3.91. The summed E-state index contributed by atoms with van der Waals surface area (Å²) in [7, 11) is 5.40. The van der Waals surface area contributed by atoms with E-state index in [0.717, 1.165) is 23.0 Å². The number of aliphatic imine (C=N–C) groups is 1. The Kier molecular flexibility index (Phi) is 8.03. The number of aryl methyl sites for hydroxylation is 2.